The van der Waals surface area contributed by atoms with Gasteiger partial charge in [0.1, 0.15) is 0 Å². The van der Waals surface area contributed by atoms with Gasteiger partial charge in [0.05, 0.1) is 6.04 Å². The van der Waals surface area contributed by atoms with E-state index in [0.717, 1.165) is 13.0 Å². The number of hydrogen-bond donors (Lipinski definition) is 3. The van der Waals surface area contributed by atoms with Gasteiger partial charge in [-0.05, 0) is 19.9 Å². The molecule has 4 nitrogen and oxygen atoms in total. The van der Waals surface area contributed by atoms with E-state index in [1.54, 1.807) is 0 Å². The summed E-state index contributed by atoms with van der Waals surface area (Å²) in [7, 11) is 0. The van der Waals surface area contributed by atoms with Crippen molar-refractivity contribution >= 4 is 5.91 Å². The van der Waals surface area contributed by atoms with Crippen LogP contribution in [0.5, 0.6) is 0 Å². The van der Waals surface area contributed by atoms with Crippen LogP contribution < -0.4 is 16.4 Å². The zero-order valence-corrected chi connectivity index (χ0v) is 6.76. The maximum atomic E-state index is 11.2. The van der Waals surface area contributed by atoms with Crippen LogP contribution in [-0.2, 0) is 4.79 Å². The van der Waals surface area contributed by atoms with Crippen LogP contribution >= 0.6 is 0 Å². The summed E-state index contributed by atoms with van der Waals surface area (Å²) in [6.07, 6.45) is 0.948. The molecule has 1 aliphatic heterocycles. The van der Waals surface area contributed by atoms with Crippen molar-refractivity contribution in [3.63, 3.8) is 0 Å². The molecule has 0 aromatic heterocycles. The minimum Gasteiger partial charge on any atom is -0.351 e. The fraction of sp³-hybridized carbons (Fsp3) is 0.857. The van der Waals surface area contributed by atoms with Gasteiger partial charge in [0.2, 0.25) is 5.91 Å². The Balaban J connectivity index is 2.19. The van der Waals surface area contributed by atoms with Crippen LogP contribution in [0, 0.1) is 0 Å². The summed E-state index contributed by atoms with van der Waals surface area (Å²) in [5, 5.41) is 5.83. The topological polar surface area (TPSA) is 67.1 Å². The molecule has 1 aliphatic rings. The third-order valence-corrected chi connectivity index (χ3v) is 1.88. The van der Waals surface area contributed by atoms with Crippen molar-refractivity contribution in [2.75, 3.05) is 13.1 Å². The van der Waals surface area contributed by atoms with Crippen LogP contribution in [0.1, 0.15) is 13.3 Å². The van der Waals surface area contributed by atoms with Crippen molar-refractivity contribution in [2.45, 2.75) is 25.4 Å². The average Bonchev–Trinajstić information content (AvgIpc) is 1.83. The molecule has 1 amide bonds. The highest BCUT2D eigenvalue weighted by Gasteiger charge is 2.24. The van der Waals surface area contributed by atoms with E-state index in [1.807, 2.05) is 6.92 Å². The van der Waals surface area contributed by atoms with Crippen molar-refractivity contribution in [3.05, 3.63) is 0 Å². The first-order chi connectivity index (χ1) is 5.24. The number of nitrogens with two attached hydrogens (primary N) is 1. The lowest BCUT2D eigenvalue weighted by atomic mass is 10.1. The molecular weight excluding hydrogens is 142 g/mol. The molecule has 0 aliphatic carbocycles. The van der Waals surface area contributed by atoms with E-state index in [9.17, 15) is 4.79 Å². The Hall–Kier alpha value is -0.610. The fourth-order valence-electron chi connectivity index (χ4n) is 0.915. The van der Waals surface area contributed by atoms with E-state index in [4.69, 9.17) is 5.73 Å². The zero-order chi connectivity index (χ0) is 8.27. The highest BCUT2D eigenvalue weighted by atomic mass is 16.2. The van der Waals surface area contributed by atoms with Crippen molar-refractivity contribution < 1.29 is 4.79 Å². The molecule has 4 N–H and O–H groups in total. The number of carbonyl (C=O) groups excluding carboxylic acids is 1. The SMILES string of the molecule is C[C@@H](CN)NC(=O)[C@H]1CCN1. The average molecular weight is 157 g/mol. The largest absolute Gasteiger partial charge is 0.351 e. The summed E-state index contributed by atoms with van der Waals surface area (Å²) in [6, 6.07) is 0.119. The molecule has 2 atom stereocenters. The van der Waals surface area contributed by atoms with Crippen molar-refractivity contribution in [2.24, 2.45) is 5.73 Å². The van der Waals surface area contributed by atoms with Crippen LogP contribution in [0.25, 0.3) is 0 Å². The molecule has 1 saturated heterocycles. The lowest BCUT2D eigenvalue weighted by molar-refractivity contribution is -0.125. The molecule has 11 heavy (non-hydrogen) atoms. The predicted octanol–water partition coefficient (Wildman–Crippen LogP) is -1.19. The molecule has 0 aromatic rings. The number of amides is 1. The summed E-state index contributed by atoms with van der Waals surface area (Å²) in [6.45, 7) is 3.35. The third-order valence-electron chi connectivity index (χ3n) is 1.88. The summed E-state index contributed by atoms with van der Waals surface area (Å²) in [4.78, 5) is 11.2. The lowest BCUT2D eigenvalue weighted by Crippen LogP contribution is -2.55. The maximum absolute atomic E-state index is 11.2. The van der Waals surface area contributed by atoms with Gasteiger partial charge in [-0.25, -0.2) is 0 Å². The second-order valence-electron chi connectivity index (χ2n) is 2.94. The molecule has 0 radical (unpaired) electrons. The zero-order valence-electron chi connectivity index (χ0n) is 6.76. The molecule has 1 heterocycles. The van der Waals surface area contributed by atoms with Gasteiger partial charge in [0.25, 0.3) is 0 Å². The van der Waals surface area contributed by atoms with Gasteiger partial charge in [-0.2, -0.15) is 0 Å². The highest BCUT2D eigenvalue weighted by Crippen LogP contribution is 2.01. The Morgan fingerprint density at radius 1 is 1.91 bits per heavy atom. The van der Waals surface area contributed by atoms with E-state index < -0.39 is 0 Å². The van der Waals surface area contributed by atoms with Crippen LogP contribution in [0.15, 0.2) is 0 Å². The van der Waals surface area contributed by atoms with Crippen LogP contribution in [0.4, 0.5) is 0 Å². The highest BCUT2D eigenvalue weighted by molar-refractivity contribution is 5.82. The molecular formula is C7H15N3O. The van der Waals surface area contributed by atoms with Gasteiger partial charge in [-0.3, -0.25) is 4.79 Å². The van der Waals surface area contributed by atoms with Crippen LogP contribution in [0.3, 0.4) is 0 Å². The van der Waals surface area contributed by atoms with Crippen LogP contribution in [-0.4, -0.2) is 31.1 Å². The molecule has 4 heteroatoms. The van der Waals surface area contributed by atoms with Crippen molar-refractivity contribution in [1.82, 2.24) is 10.6 Å². The Bertz CT molecular complexity index is 145. The summed E-state index contributed by atoms with van der Waals surface area (Å²) < 4.78 is 0. The first-order valence-electron chi connectivity index (χ1n) is 3.98. The van der Waals surface area contributed by atoms with E-state index in [2.05, 4.69) is 10.6 Å². The van der Waals surface area contributed by atoms with E-state index in [-0.39, 0.29) is 18.0 Å². The maximum Gasteiger partial charge on any atom is 0.237 e. The molecule has 0 unspecified atom stereocenters. The molecule has 1 rings (SSSR count). The Morgan fingerprint density at radius 3 is 2.91 bits per heavy atom. The van der Waals surface area contributed by atoms with E-state index in [1.165, 1.54) is 0 Å². The standard InChI is InChI=1S/C7H15N3O/c1-5(4-8)10-7(11)6-2-3-9-6/h5-6,9H,2-4,8H2,1H3,(H,10,11)/t5-,6+/m0/s1. The molecule has 0 bridgehead atoms. The van der Waals surface area contributed by atoms with E-state index in [0.29, 0.717) is 6.54 Å². The Morgan fingerprint density at radius 2 is 2.55 bits per heavy atom. The normalized spacial score (nSPS) is 25.5. The van der Waals surface area contributed by atoms with Crippen molar-refractivity contribution in [3.8, 4) is 0 Å². The summed E-state index contributed by atoms with van der Waals surface area (Å²) in [5.74, 6) is 0.0780. The fourth-order valence-corrected chi connectivity index (χ4v) is 0.915. The summed E-state index contributed by atoms with van der Waals surface area (Å²) in [5.41, 5.74) is 5.34. The van der Waals surface area contributed by atoms with Gasteiger partial charge in [-0.15, -0.1) is 0 Å². The van der Waals surface area contributed by atoms with Gasteiger partial charge in [0, 0.05) is 12.6 Å². The second kappa shape index (κ2) is 3.69. The minimum absolute atomic E-state index is 0.0315. The Kier molecular flexibility index (Phi) is 2.84. The quantitative estimate of drug-likeness (QED) is 0.482. The first-order valence-corrected chi connectivity index (χ1v) is 3.98. The molecule has 0 aromatic carbocycles. The number of carbonyl (C=O) groups is 1. The monoisotopic (exact) mass is 157 g/mol. The molecule has 0 spiro atoms. The minimum atomic E-state index is 0.0315. The van der Waals surface area contributed by atoms with Gasteiger partial charge in [-0.1, -0.05) is 0 Å². The molecule has 0 saturated carbocycles. The van der Waals surface area contributed by atoms with Crippen LogP contribution in [0.2, 0.25) is 0 Å². The van der Waals surface area contributed by atoms with E-state index >= 15 is 0 Å². The third kappa shape index (κ3) is 2.17. The number of hydrogen-bond acceptors (Lipinski definition) is 3. The summed E-state index contributed by atoms with van der Waals surface area (Å²) >= 11 is 0. The smallest absolute Gasteiger partial charge is 0.237 e. The van der Waals surface area contributed by atoms with Gasteiger partial charge >= 0.3 is 0 Å². The predicted molar refractivity (Wildman–Crippen MR) is 43.1 cm³/mol. The van der Waals surface area contributed by atoms with Gasteiger partial charge < -0.3 is 16.4 Å². The molecule has 1 fully saturated rings. The number of nitrogens with one attached hydrogen (secondary N) is 2. The van der Waals surface area contributed by atoms with Crippen molar-refractivity contribution in [1.29, 1.82) is 0 Å². The van der Waals surface area contributed by atoms with Gasteiger partial charge in [0.15, 0.2) is 0 Å². The second-order valence-corrected chi connectivity index (χ2v) is 2.94. The molecule has 64 valence electrons. The first kappa shape index (κ1) is 8.49. The lowest BCUT2D eigenvalue weighted by Gasteiger charge is -2.27. The Labute approximate surface area is 66.5 Å². The number of rotatable bonds is 3.